The van der Waals surface area contributed by atoms with Crippen LogP contribution in [0.5, 0.6) is 0 Å². The van der Waals surface area contributed by atoms with E-state index in [4.69, 9.17) is 0 Å². The fourth-order valence-corrected chi connectivity index (χ4v) is 1.97. The Balaban J connectivity index is 3.62. The Labute approximate surface area is 97.0 Å². The van der Waals surface area contributed by atoms with E-state index >= 15 is 0 Å². The van der Waals surface area contributed by atoms with Crippen molar-refractivity contribution in [1.82, 2.24) is 5.32 Å². The van der Waals surface area contributed by atoms with E-state index in [0.717, 1.165) is 11.8 Å². The van der Waals surface area contributed by atoms with Crippen LogP contribution in [0.3, 0.4) is 0 Å². The Morgan fingerprint density at radius 3 is 2.07 bits per heavy atom. The molecule has 1 atom stereocenters. The van der Waals surface area contributed by atoms with Crippen LogP contribution in [0.15, 0.2) is 0 Å². The van der Waals surface area contributed by atoms with Crippen molar-refractivity contribution in [2.24, 2.45) is 11.8 Å². The summed E-state index contributed by atoms with van der Waals surface area (Å²) in [5.41, 5.74) is 0. The second-order valence-corrected chi connectivity index (χ2v) is 5.54. The molecule has 0 aromatic rings. The van der Waals surface area contributed by atoms with Crippen LogP contribution in [-0.4, -0.2) is 12.6 Å². The van der Waals surface area contributed by atoms with Gasteiger partial charge in [0.15, 0.2) is 0 Å². The van der Waals surface area contributed by atoms with Crippen molar-refractivity contribution in [3.63, 3.8) is 0 Å². The van der Waals surface area contributed by atoms with E-state index in [1.165, 1.54) is 38.6 Å². The standard InChI is InChI=1S/C14H31N/c1-6-8-14(11-15-13(4)5)10-7-9-12(2)3/h12-15H,6-11H2,1-5H3. The molecule has 1 N–H and O–H groups in total. The molecule has 0 rings (SSSR count). The van der Waals surface area contributed by atoms with E-state index in [9.17, 15) is 0 Å². The van der Waals surface area contributed by atoms with Crippen LogP contribution in [0.2, 0.25) is 0 Å². The second-order valence-electron chi connectivity index (χ2n) is 5.54. The van der Waals surface area contributed by atoms with E-state index in [2.05, 4.69) is 39.9 Å². The Morgan fingerprint density at radius 1 is 0.933 bits per heavy atom. The maximum absolute atomic E-state index is 3.57. The van der Waals surface area contributed by atoms with Gasteiger partial charge < -0.3 is 5.32 Å². The van der Waals surface area contributed by atoms with Crippen LogP contribution < -0.4 is 5.32 Å². The third-order valence-electron chi connectivity index (χ3n) is 2.91. The van der Waals surface area contributed by atoms with Crippen molar-refractivity contribution < 1.29 is 0 Å². The van der Waals surface area contributed by atoms with Crippen molar-refractivity contribution >= 4 is 0 Å². The maximum Gasteiger partial charge on any atom is 0.00104 e. The molecule has 0 radical (unpaired) electrons. The zero-order valence-electron chi connectivity index (χ0n) is 11.5. The average molecular weight is 213 g/mol. The number of hydrogen-bond acceptors (Lipinski definition) is 1. The molecule has 0 fully saturated rings. The second kappa shape index (κ2) is 9.21. The fourth-order valence-electron chi connectivity index (χ4n) is 1.97. The van der Waals surface area contributed by atoms with Gasteiger partial charge >= 0.3 is 0 Å². The molecule has 0 aromatic heterocycles. The molecule has 15 heavy (non-hydrogen) atoms. The normalized spacial score (nSPS) is 13.8. The van der Waals surface area contributed by atoms with Gasteiger partial charge in [0.1, 0.15) is 0 Å². The molecule has 0 heterocycles. The predicted octanol–water partition coefficient (Wildman–Crippen LogP) is 4.23. The minimum absolute atomic E-state index is 0.634. The molecule has 1 unspecified atom stereocenters. The lowest BCUT2D eigenvalue weighted by molar-refractivity contribution is 0.373. The van der Waals surface area contributed by atoms with Gasteiger partial charge in [-0.3, -0.25) is 0 Å². The molecule has 1 heteroatoms. The summed E-state index contributed by atoms with van der Waals surface area (Å²) < 4.78 is 0. The minimum Gasteiger partial charge on any atom is -0.314 e. The summed E-state index contributed by atoms with van der Waals surface area (Å²) in [6.45, 7) is 12.6. The molecule has 0 aliphatic rings. The van der Waals surface area contributed by atoms with Crippen molar-refractivity contribution in [3.05, 3.63) is 0 Å². The van der Waals surface area contributed by atoms with Gasteiger partial charge in [0.25, 0.3) is 0 Å². The molecule has 92 valence electrons. The molecular formula is C14H31N. The number of rotatable bonds is 9. The van der Waals surface area contributed by atoms with Gasteiger partial charge in [0.05, 0.1) is 0 Å². The lowest BCUT2D eigenvalue weighted by Crippen LogP contribution is -2.29. The lowest BCUT2D eigenvalue weighted by atomic mass is 9.94. The molecular weight excluding hydrogens is 182 g/mol. The highest BCUT2D eigenvalue weighted by Gasteiger charge is 2.08. The maximum atomic E-state index is 3.57. The minimum atomic E-state index is 0.634. The van der Waals surface area contributed by atoms with Gasteiger partial charge in [-0.2, -0.15) is 0 Å². The van der Waals surface area contributed by atoms with E-state index in [1.54, 1.807) is 0 Å². The van der Waals surface area contributed by atoms with Crippen molar-refractivity contribution in [1.29, 1.82) is 0 Å². The third kappa shape index (κ3) is 10.2. The molecule has 0 aliphatic carbocycles. The van der Waals surface area contributed by atoms with Crippen LogP contribution in [0.1, 0.15) is 66.7 Å². The zero-order valence-corrected chi connectivity index (χ0v) is 11.5. The van der Waals surface area contributed by atoms with Crippen molar-refractivity contribution in [3.8, 4) is 0 Å². The van der Waals surface area contributed by atoms with Crippen LogP contribution in [0, 0.1) is 11.8 Å². The summed E-state index contributed by atoms with van der Waals surface area (Å²) in [7, 11) is 0. The average Bonchev–Trinajstić information content (AvgIpc) is 2.13. The highest BCUT2D eigenvalue weighted by molar-refractivity contribution is 4.65. The Hall–Kier alpha value is -0.0400. The smallest absolute Gasteiger partial charge is 0.00104 e. The van der Waals surface area contributed by atoms with Gasteiger partial charge in [-0.25, -0.2) is 0 Å². The molecule has 0 spiro atoms. The molecule has 0 bridgehead atoms. The molecule has 0 aliphatic heterocycles. The van der Waals surface area contributed by atoms with Crippen LogP contribution >= 0.6 is 0 Å². The Morgan fingerprint density at radius 2 is 1.60 bits per heavy atom. The van der Waals surface area contributed by atoms with Crippen LogP contribution in [0.25, 0.3) is 0 Å². The predicted molar refractivity (Wildman–Crippen MR) is 70.2 cm³/mol. The first-order valence-corrected chi connectivity index (χ1v) is 6.79. The fraction of sp³-hybridized carbons (Fsp3) is 1.00. The highest BCUT2D eigenvalue weighted by Crippen LogP contribution is 2.16. The largest absolute Gasteiger partial charge is 0.314 e. The molecule has 0 saturated heterocycles. The van der Waals surface area contributed by atoms with Gasteiger partial charge in [-0.1, -0.05) is 53.9 Å². The lowest BCUT2D eigenvalue weighted by Gasteiger charge is -2.19. The molecule has 0 saturated carbocycles. The summed E-state index contributed by atoms with van der Waals surface area (Å²) >= 11 is 0. The first-order valence-electron chi connectivity index (χ1n) is 6.79. The molecule has 0 amide bonds. The highest BCUT2D eigenvalue weighted by atomic mass is 14.9. The van der Waals surface area contributed by atoms with E-state index in [1.807, 2.05) is 0 Å². The summed E-state index contributed by atoms with van der Waals surface area (Å²) in [4.78, 5) is 0. The Kier molecular flexibility index (Phi) is 9.18. The van der Waals surface area contributed by atoms with Crippen LogP contribution in [-0.2, 0) is 0 Å². The number of hydrogen-bond donors (Lipinski definition) is 1. The van der Waals surface area contributed by atoms with E-state index in [-0.39, 0.29) is 0 Å². The van der Waals surface area contributed by atoms with Crippen molar-refractivity contribution in [2.75, 3.05) is 6.54 Å². The van der Waals surface area contributed by atoms with Crippen molar-refractivity contribution in [2.45, 2.75) is 72.8 Å². The molecule has 0 aromatic carbocycles. The first-order chi connectivity index (χ1) is 7.06. The topological polar surface area (TPSA) is 12.0 Å². The quantitative estimate of drug-likeness (QED) is 0.604. The SMILES string of the molecule is CCCC(CCCC(C)C)CNC(C)C. The van der Waals surface area contributed by atoms with Gasteiger partial charge in [0.2, 0.25) is 0 Å². The third-order valence-corrected chi connectivity index (χ3v) is 2.91. The number of nitrogens with one attached hydrogen (secondary N) is 1. The summed E-state index contributed by atoms with van der Waals surface area (Å²) in [5, 5.41) is 3.57. The zero-order chi connectivity index (χ0) is 11.7. The van der Waals surface area contributed by atoms with E-state index in [0.29, 0.717) is 6.04 Å². The first kappa shape index (κ1) is 15.0. The summed E-state index contributed by atoms with van der Waals surface area (Å²) in [5.74, 6) is 1.77. The Bertz CT molecular complexity index is 129. The van der Waals surface area contributed by atoms with Gasteiger partial charge in [0, 0.05) is 6.04 Å². The molecule has 1 nitrogen and oxygen atoms in total. The monoisotopic (exact) mass is 213 g/mol. The van der Waals surface area contributed by atoms with Crippen LogP contribution in [0.4, 0.5) is 0 Å². The van der Waals surface area contributed by atoms with Gasteiger partial charge in [-0.05, 0) is 31.2 Å². The van der Waals surface area contributed by atoms with Gasteiger partial charge in [-0.15, -0.1) is 0 Å². The summed E-state index contributed by atoms with van der Waals surface area (Å²) in [6.07, 6.45) is 6.92. The summed E-state index contributed by atoms with van der Waals surface area (Å²) in [6, 6.07) is 0.634. The van der Waals surface area contributed by atoms with E-state index < -0.39 is 0 Å².